The molecule has 1 heterocycles. The number of hydrogen-bond donors (Lipinski definition) is 2. The van der Waals surface area contributed by atoms with Gasteiger partial charge in [0.15, 0.2) is 0 Å². The molecule has 1 fully saturated rings. The zero-order chi connectivity index (χ0) is 12.2. The van der Waals surface area contributed by atoms with Crippen LogP contribution in [-0.2, 0) is 9.53 Å². The second-order valence-corrected chi connectivity index (χ2v) is 6.09. The topological polar surface area (TPSA) is 50.4 Å². The van der Waals surface area contributed by atoms with Crippen LogP contribution in [0.15, 0.2) is 0 Å². The smallest absolute Gasteiger partial charge is 0.223 e. The van der Waals surface area contributed by atoms with E-state index in [0.29, 0.717) is 6.54 Å². The lowest BCUT2D eigenvalue weighted by Gasteiger charge is -2.27. The molecule has 16 heavy (non-hydrogen) atoms. The number of rotatable bonds is 4. The summed E-state index contributed by atoms with van der Waals surface area (Å²) in [4.78, 5) is 10.9. The summed E-state index contributed by atoms with van der Waals surface area (Å²) >= 11 is 17.2. The molecule has 2 atom stereocenters. The molecular formula is C9H15Cl3N2O2. The first-order chi connectivity index (χ1) is 7.39. The van der Waals surface area contributed by atoms with E-state index in [1.165, 1.54) is 6.92 Å². The maximum absolute atomic E-state index is 10.9. The summed E-state index contributed by atoms with van der Waals surface area (Å²) < 4.78 is 3.84. The Hall–Kier alpha value is 0.260. The van der Waals surface area contributed by atoms with Crippen LogP contribution in [0.1, 0.15) is 19.8 Å². The van der Waals surface area contributed by atoms with Gasteiger partial charge in [0.25, 0.3) is 0 Å². The molecule has 0 aromatic carbocycles. The van der Waals surface area contributed by atoms with Gasteiger partial charge in [0, 0.05) is 20.1 Å². The van der Waals surface area contributed by atoms with Crippen LogP contribution in [0, 0.1) is 0 Å². The van der Waals surface area contributed by atoms with Crippen molar-refractivity contribution < 1.29 is 9.53 Å². The average molecular weight is 290 g/mol. The molecule has 94 valence electrons. The van der Waals surface area contributed by atoms with Gasteiger partial charge in [-0.05, 0) is 12.8 Å². The van der Waals surface area contributed by atoms with E-state index in [4.69, 9.17) is 39.5 Å². The zero-order valence-corrected chi connectivity index (χ0v) is 11.2. The minimum absolute atomic E-state index is 0.128. The van der Waals surface area contributed by atoms with E-state index in [0.717, 1.165) is 19.4 Å². The summed E-state index contributed by atoms with van der Waals surface area (Å²) in [6.07, 6.45) is 1.45. The fourth-order valence-electron chi connectivity index (χ4n) is 1.51. The summed E-state index contributed by atoms with van der Waals surface area (Å²) in [6.45, 7) is 2.70. The van der Waals surface area contributed by atoms with Crippen LogP contribution in [0.2, 0.25) is 0 Å². The first kappa shape index (κ1) is 14.3. The highest BCUT2D eigenvalue weighted by atomic mass is 35.6. The van der Waals surface area contributed by atoms with Crippen LogP contribution in [0.5, 0.6) is 0 Å². The molecular weight excluding hydrogens is 274 g/mol. The lowest BCUT2D eigenvalue weighted by molar-refractivity contribution is -0.119. The second kappa shape index (κ2) is 6.26. The highest BCUT2D eigenvalue weighted by Crippen LogP contribution is 2.29. The lowest BCUT2D eigenvalue weighted by atomic mass is 10.2. The molecule has 1 aliphatic rings. The Kier molecular flexibility index (Phi) is 5.61. The Morgan fingerprint density at radius 3 is 2.69 bits per heavy atom. The second-order valence-electron chi connectivity index (χ2n) is 3.72. The van der Waals surface area contributed by atoms with Crippen LogP contribution < -0.4 is 10.6 Å². The van der Waals surface area contributed by atoms with E-state index in [1.807, 2.05) is 0 Å². The van der Waals surface area contributed by atoms with Crippen molar-refractivity contribution in [1.82, 2.24) is 10.6 Å². The quantitative estimate of drug-likeness (QED) is 0.610. The van der Waals surface area contributed by atoms with Crippen LogP contribution in [0.3, 0.4) is 0 Å². The molecule has 0 aliphatic carbocycles. The minimum Gasteiger partial charge on any atom is -0.377 e. The molecule has 0 radical (unpaired) electrons. The van der Waals surface area contributed by atoms with E-state index >= 15 is 0 Å². The third-order valence-corrected chi connectivity index (χ3v) is 2.90. The monoisotopic (exact) mass is 288 g/mol. The molecule has 4 nitrogen and oxygen atoms in total. The summed E-state index contributed by atoms with van der Waals surface area (Å²) in [7, 11) is 0. The normalized spacial score (nSPS) is 23.1. The van der Waals surface area contributed by atoms with Crippen molar-refractivity contribution in [2.24, 2.45) is 0 Å². The molecule has 0 bridgehead atoms. The molecule has 1 saturated heterocycles. The van der Waals surface area contributed by atoms with Gasteiger partial charge in [-0.25, -0.2) is 0 Å². The van der Waals surface area contributed by atoms with E-state index in [9.17, 15) is 4.79 Å². The molecule has 0 spiro atoms. The SMILES string of the molecule is CC(=O)NC(NCC1CCCO1)C(Cl)(Cl)Cl. The largest absolute Gasteiger partial charge is 0.377 e. The number of nitrogens with one attached hydrogen (secondary N) is 2. The predicted octanol–water partition coefficient (Wildman–Crippen LogP) is 1.59. The highest BCUT2D eigenvalue weighted by molar-refractivity contribution is 6.68. The van der Waals surface area contributed by atoms with Gasteiger partial charge in [0.05, 0.1) is 6.10 Å². The summed E-state index contributed by atoms with van der Waals surface area (Å²) in [5.41, 5.74) is 0. The molecule has 1 aliphatic heterocycles. The lowest BCUT2D eigenvalue weighted by Crippen LogP contribution is -2.54. The van der Waals surface area contributed by atoms with E-state index in [1.54, 1.807) is 0 Å². The number of carbonyl (C=O) groups excluding carboxylic acids is 1. The van der Waals surface area contributed by atoms with Crippen molar-refractivity contribution in [2.45, 2.75) is 35.8 Å². The van der Waals surface area contributed by atoms with Gasteiger partial charge in [-0.2, -0.15) is 0 Å². The molecule has 0 aromatic heterocycles. The van der Waals surface area contributed by atoms with E-state index in [2.05, 4.69) is 10.6 Å². The zero-order valence-electron chi connectivity index (χ0n) is 8.93. The average Bonchev–Trinajstić information content (AvgIpc) is 2.62. The number of amides is 1. The molecule has 7 heteroatoms. The van der Waals surface area contributed by atoms with Gasteiger partial charge in [-0.1, -0.05) is 34.8 Å². The van der Waals surface area contributed by atoms with Crippen molar-refractivity contribution in [3.63, 3.8) is 0 Å². The maximum Gasteiger partial charge on any atom is 0.223 e. The van der Waals surface area contributed by atoms with Crippen molar-refractivity contribution >= 4 is 40.7 Å². The first-order valence-corrected chi connectivity index (χ1v) is 6.22. The van der Waals surface area contributed by atoms with Gasteiger partial charge >= 0.3 is 0 Å². The number of halogens is 3. The standard InChI is InChI=1S/C9H15Cl3N2O2/c1-6(15)14-8(9(10,11)12)13-5-7-3-2-4-16-7/h7-8,13H,2-5H2,1H3,(H,14,15). The summed E-state index contributed by atoms with van der Waals surface area (Å²) in [5.74, 6) is -0.254. The minimum atomic E-state index is -1.58. The Morgan fingerprint density at radius 1 is 1.56 bits per heavy atom. The maximum atomic E-state index is 10.9. The molecule has 2 unspecified atom stereocenters. The summed E-state index contributed by atoms with van der Waals surface area (Å²) in [5, 5.41) is 5.52. The van der Waals surface area contributed by atoms with Gasteiger partial charge in [-0.3, -0.25) is 10.1 Å². The van der Waals surface area contributed by atoms with Crippen LogP contribution in [-0.4, -0.2) is 35.1 Å². The Bertz CT molecular complexity index is 239. The van der Waals surface area contributed by atoms with Gasteiger partial charge < -0.3 is 10.1 Å². The number of alkyl halides is 3. The summed E-state index contributed by atoms with van der Waals surface area (Å²) in [6, 6.07) is 0. The molecule has 0 saturated carbocycles. The van der Waals surface area contributed by atoms with Crippen molar-refractivity contribution in [1.29, 1.82) is 0 Å². The number of carbonyl (C=O) groups is 1. The van der Waals surface area contributed by atoms with Crippen molar-refractivity contribution in [3.05, 3.63) is 0 Å². The van der Waals surface area contributed by atoms with E-state index in [-0.39, 0.29) is 12.0 Å². The Morgan fingerprint density at radius 2 is 2.25 bits per heavy atom. The number of ether oxygens (including phenoxy) is 1. The molecule has 1 rings (SSSR count). The van der Waals surface area contributed by atoms with Crippen molar-refractivity contribution in [3.8, 4) is 0 Å². The highest BCUT2D eigenvalue weighted by Gasteiger charge is 2.33. The van der Waals surface area contributed by atoms with Gasteiger partial charge in [0.2, 0.25) is 9.70 Å². The predicted molar refractivity (Wildman–Crippen MR) is 64.9 cm³/mol. The Balaban J connectivity index is 2.40. The van der Waals surface area contributed by atoms with Crippen molar-refractivity contribution in [2.75, 3.05) is 13.2 Å². The third-order valence-electron chi connectivity index (χ3n) is 2.25. The van der Waals surface area contributed by atoms with Gasteiger partial charge in [0.1, 0.15) is 6.17 Å². The molecule has 0 aromatic rings. The fraction of sp³-hybridized carbons (Fsp3) is 0.889. The first-order valence-electron chi connectivity index (χ1n) is 5.08. The number of hydrogen-bond acceptors (Lipinski definition) is 3. The van der Waals surface area contributed by atoms with Crippen LogP contribution in [0.25, 0.3) is 0 Å². The van der Waals surface area contributed by atoms with Gasteiger partial charge in [-0.15, -0.1) is 0 Å². The third kappa shape index (κ3) is 5.06. The van der Waals surface area contributed by atoms with Crippen LogP contribution in [0.4, 0.5) is 0 Å². The fourth-order valence-corrected chi connectivity index (χ4v) is 1.90. The molecule has 1 amide bonds. The molecule has 2 N–H and O–H groups in total. The van der Waals surface area contributed by atoms with E-state index < -0.39 is 9.96 Å². The Labute approximate surface area is 110 Å². The van der Waals surface area contributed by atoms with Crippen LogP contribution >= 0.6 is 34.8 Å².